The van der Waals surface area contributed by atoms with Crippen LogP contribution in [-0.4, -0.2) is 22.5 Å². The highest BCUT2D eigenvalue weighted by atomic mass is 16.2. The van der Waals surface area contributed by atoms with E-state index in [0.717, 1.165) is 48.7 Å². The lowest BCUT2D eigenvalue weighted by atomic mass is 10.1. The van der Waals surface area contributed by atoms with Gasteiger partial charge in [-0.05, 0) is 49.1 Å². The van der Waals surface area contributed by atoms with E-state index in [1.54, 1.807) is 6.33 Å². The summed E-state index contributed by atoms with van der Waals surface area (Å²) in [5, 5.41) is 9.08. The van der Waals surface area contributed by atoms with Crippen molar-refractivity contribution in [3.8, 4) is 0 Å². The highest BCUT2D eigenvalue weighted by Crippen LogP contribution is 2.17. The van der Waals surface area contributed by atoms with Crippen LogP contribution in [0.5, 0.6) is 0 Å². The summed E-state index contributed by atoms with van der Waals surface area (Å²) in [6.07, 6.45) is 4.32. The molecule has 0 aliphatic rings. The van der Waals surface area contributed by atoms with Crippen LogP contribution in [0.2, 0.25) is 0 Å². The number of urea groups is 1. The Balaban J connectivity index is 1.50. The van der Waals surface area contributed by atoms with Gasteiger partial charge in [0.05, 0.1) is 0 Å². The highest BCUT2D eigenvalue weighted by Gasteiger charge is 2.08. The van der Waals surface area contributed by atoms with E-state index in [4.69, 9.17) is 0 Å². The Morgan fingerprint density at radius 2 is 1.55 bits per heavy atom. The van der Waals surface area contributed by atoms with Crippen LogP contribution in [0.1, 0.15) is 30.7 Å². The third-order valence-electron chi connectivity index (χ3n) is 4.67. The molecule has 0 aliphatic heterocycles. The van der Waals surface area contributed by atoms with Crippen LogP contribution in [0.3, 0.4) is 0 Å². The minimum absolute atomic E-state index is 0.256. The van der Waals surface area contributed by atoms with Gasteiger partial charge in [0.15, 0.2) is 0 Å². The van der Waals surface area contributed by atoms with Gasteiger partial charge >= 0.3 is 6.03 Å². The molecule has 3 rings (SSSR count). The van der Waals surface area contributed by atoms with Crippen molar-refractivity contribution in [2.24, 2.45) is 0 Å². The van der Waals surface area contributed by atoms with Crippen molar-refractivity contribution in [1.29, 1.82) is 0 Å². The fourth-order valence-electron chi connectivity index (χ4n) is 3.17. The number of aryl methyl sites for hydroxylation is 1. The van der Waals surface area contributed by atoms with E-state index in [2.05, 4.69) is 39.8 Å². The smallest absolute Gasteiger partial charge is 0.323 e. The summed E-state index contributed by atoms with van der Waals surface area (Å²) in [7, 11) is 0. The molecule has 2 aromatic carbocycles. The molecule has 6 heteroatoms. The average Bonchev–Trinajstić information content (AvgIpc) is 2.75. The third-order valence-corrected chi connectivity index (χ3v) is 4.67. The molecule has 0 spiro atoms. The second-order valence-electron chi connectivity index (χ2n) is 6.67. The number of aromatic nitrogens is 2. The first-order valence-corrected chi connectivity index (χ1v) is 9.98. The van der Waals surface area contributed by atoms with Crippen molar-refractivity contribution in [1.82, 2.24) is 9.97 Å². The van der Waals surface area contributed by atoms with Crippen LogP contribution in [-0.2, 0) is 19.3 Å². The van der Waals surface area contributed by atoms with Gasteiger partial charge in [-0.1, -0.05) is 44.2 Å². The molecule has 1 aromatic heterocycles. The first-order chi connectivity index (χ1) is 14.2. The fraction of sp³-hybridized carbons (Fsp3) is 0.261. The summed E-state index contributed by atoms with van der Waals surface area (Å²) in [5.74, 6) is 0.926. The van der Waals surface area contributed by atoms with Crippen molar-refractivity contribution in [2.75, 3.05) is 22.5 Å². The van der Waals surface area contributed by atoms with Gasteiger partial charge in [-0.3, -0.25) is 0 Å². The van der Waals surface area contributed by atoms with Crippen molar-refractivity contribution >= 4 is 23.2 Å². The minimum atomic E-state index is -0.256. The summed E-state index contributed by atoms with van der Waals surface area (Å²) in [6.45, 7) is 5.03. The number of nitrogens with one attached hydrogen (secondary N) is 3. The maximum atomic E-state index is 12.1. The predicted octanol–water partition coefficient (Wildman–Crippen LogP) is 4.90. The van der Waals surface area contributed by atoms with Gasteiger partial charge in [-0.15, -0.1) is 0 Å². The number of hydrogen-bond donors (Lipinski definition) is 3. The molecule has 0 saturated heterocycles. The molecule has 0 radical (unpaired) electrons. The zero-order valence-electron chi connectivity index (χ0n) is 16.9. The van der Waals surface area contributed by atoms with Crippen LogP contribution in [0, 0.1) is 0 Å². The van der Waals surface area contributed by atoms with Crippen LogP contribution in [0.4, 0.5) is 22.0 Å². The monoisotopic (exact) mass is 389 g/mol. The molecule has 0 atom stereocenters. The quantitative estimate of drug-likeness (QED) is 0.512. The van der Waals surface area contributed by atoms with E-state index >= 15 is 0 Å². The van der Waals surface area contributed by atoms with Gasteiger partial charge in [0.2, 0.25) is 0 Å². The maximum Gasteiger partial charge on any atom is 0.323 e. The van der Waals surface area contributed by atoms with Crippen LogP contribution in [0.15, 0.2) is 60.9 Å². The van der Waals surface area contributed by atoms with Crippen molar-refractivity contribution in [3.63, 3.8) is 0 Å². The zero-order valence-corrected chi connectivity index (χ0v) is 16.9. The predicted molar refractivity (Wildman–Crippen MR) is 119 cm³/mol. The Hall–Kier alpha value is -3.41. The van der Waals surface area contributed by atoms with Crippen molar-refractivity contribution < 1.29 is 4.79 Å². The average molecular weight is 390 g/mol. The Kier molecular flexibility index (Phi) is 7.16. The standard InChI is InChI=1S/C23H27N5O/c1-3-20-21(4-2)25-16-26-22(20)24-15-14-17-10-12-19(13-11-17)28-23(29)27-18-8-6-5-7-9-18/h5-13,16H,3-4,14-15H2,1-2H3,(H,24,25,26)(H2,27,28,29). The second-order valence-corrected chi connectivity index (χ2v) is 6.67. The zero-order chi connectivity index (χ0) is 20.5. The number of amides is 2. The Morgan fingerprint density at radius 3 is 2.21 bits per heavy atom. The molecule has 0 bridgehead atoms. The topological polar surface area (TPSA) is 78.9 Å². The third kappa shape index (κ3) is 5.78. The van der Waals surface area contributed by atoms with Gasteiger partial charge in [-0.2, -0.15) is 0 Å². The summed E-state index contributed by atoms with van der Waals surface area (Å²) in [5.41, 5.74) is 5.00. The largest absolute Gasteiger partial charge is 0.369 e. The van der Waals surface area contributed by atoms with E-state index in [9.17, 15) is 4.79 Å². The highest BCUT2D eigenvalue weighted by molar-refractivity contribution is 5.99. The first-order valence-electron chi connectivity index (χ1n) is 9.98. The molecular weight excluding hydrogens is 362 g/mol. The minimum Gasteiger partial charge on any atom is -0.369 e. The Morgan fingerprint density at radius 1 is 0.862 bits per heavy atom. The van der Waals surface area contributed by atoms with Crippen molar-refractivity contribution in [2.45, 2.75) is 33.1 Å². The number of carbonyl (C=O) groups is 1. The molecule has 0 fully saturated rings. The number of rotatable bonds is 8. The van der Waals surface area contributed by atoms with Crippen LogP contribution < -0.4 is 16.0 Å². The molecule has 0 aliphatic carbocycles. The van der Waals surface area contributed by atoms with Gasteiger partial charge in [0, 0.05) is 29.2 Å². The summed E-state index contributed by atoms with van der Waals surface area (Å²) < 4.78 is 0. The number of para-hydroxylation sites is 1. The molecule has 6 nitrogen and oxygen atoms in total. The summed E-state index contributed by atoms with van der Waals surface area (Å²) >= 11 is 0. The molecule has 0 unspecified atom stereocenters. The number of benzene rings is 2. The van der Waals surface area contributed by atoms with Crippen LogP contribution in [0.25, 0.3) is 0 Å². The summed E-state index contributed by atoms with van der Waals surface area (Å²) in [4.78, 5) is 20.8. The van der Waals surface area contributed by atoms with Gasteiger partial charge in [-0.25, -0.2) is 14.8 Å². The fourth-order valence-corrected chi connectivity index (χ4v) is 3.17. The SMILES string of the molecule is CCc1ncnc(NCCc2ccc(NC(=O)Nc3ccccc3)cc2)c1CC. The molecule has 3 aromatic rings. The Bertz CT molecular complexity index is 926. The molecule has 2 amide bonds. The van der Waals surface area contributed by atoms with E-state index in [-0.39, 0.29) is 6.03 Å². The van der Waals surface area contributed by atoms with Gasteiger partial charge in [0.25, 0.3) is 0 Å². The van der Waals surface area contributed by atoms with Crippen LogP contribution >= 0.6 is 0 Å². The number of hydrogen-bond acceptors (Lipinski definition) is 4. The van der Waals surface area contributed by atoms with E-state index in [0.29, 0.717) is 0 Å². The lowest BCUT2D eigenvalue weighted by Gasteiger charge is -2.12. The normalized spacial score (nSPS) is 10.4. The molecule has 0 saturated carbocycles. The molecule has 3 N–H and O–H groups in total. The molecule has 29 heavy (non-hydrogen) atoms. The molecular formula is C23H27N5O. The lowest BCUT2D eigenvalue weighted by molar-refractivity contribution is 0.262. The Labute approximate surface area is 171 Å². The number of carbonyl (C=O) groups excluding carboxylic acids is 1. The molecule has 1 heterocycles. The van der Waals surface area contributed by atoms with Gasteiger partial charge in [0.1, 0.15) is 12.1 Å². The summed E-state index contributed by atoms with van der Waals surface area (Å²) in [6, 6.07) is 17.0. The van der Waals surface area contributed by atoms with Gasteiger partial charge < -0.3 is 16.0 Å². The lowest BCUT2D eigenvalue weighted by Crippen LogP contribution is -2.19. The van der Waals surface area contributed by atoms with E-state index in [1.165, 1.54) is 11.1 Å². The van der Waals surface area contributed by atoms with E-state index in [1.807, 2.05) is 54.6 Å². The number of nitrogens with zero attached hydrogens (tertiary/aromatic N) is 2. The van der Waals surface area contributed by atoms with Crippen molar-refractivity contribution in [3.05, 3.63) is 77.7 Å². The first kappa shape index (κ1) is 20.3. The molecule has 150 valence electrons. The maximum absolute atomic E-state index is 12.1. The number of anilines is 3. The van der Waals surface area contributed by atoms with E-state index < -0.39 is 0 Å². The second kappa shape index (κ2) is 10.2.